The van der Waals surface area contributed by atoms with Gasteiger partial charge in [-0.1, -0.05) is 23.8 Å². The van der Waals surface area contributed by atoms with Gasteiger partial charge in [0, 0.05) is 7.05 Å². The van der Waals surface area contributed by atoms with Crippen LogP contribution in [0.1, 0.15) is 35.4 Å². The molecule has 2 N–H and O–H groups in total. The van der Waals surface area contributed by atoms with Gasteiger partial charge in [-0.2, -0.15) is 0 Å². The van der Waals surface area contributed by atoms with E-state index in [9.17, 15) is 4.79 Å². The van der Waals surface area contributed by atoms with Crippen molar-refractivity contribution >= 4 is 5.91 Å². The molecular formula is C15H22N2O. The monoisotopic (exact) mass is 246 g/mol. The van der Waals surface area contributed by atoms with E-state index in [2.05, 4.69) is 42.7 Å². The Bertz CT molecular complexity index is 442. The fourth-order valence-corrected chi connectivity index (χ4v) is 2.77. The Morgan fingerprint density at radius 2 is 2.17 bits per heavy atom. The molecule has 0 bridgehead atoms. The molecule has 98 valence electrons. The van der Waals surface area contributed by atoms with Crippen LogP contribution in [0.2, 0.25) is 0 Å². The molecule has 2 rings (SSSR count). The molecule has 0 aromatic heterocycles. The summed E-state index contributed by atoms with van der Waals surface area (Å²) in [5.41, 5.74) is 4.04. The summed E-state index contributed by atoms with van der Waals surface area (Å²) in [4.78, 5) is 11.7. The SMILES string of the molecule is CNC(=O)C1CC(c2cc(C)ccc2C)CCN1. The van der Waals surface area contributed by atoms with Gasteiger partial charge in [0.05, 0.1) is 6.04 Å². The Morgan fingerprint density at radius 1 is 1.39 bits per heavy atom. The molecule has 0 saturated carbocycles. The van der Waals surface area contributed by atoms with E-state index in [1.54, 1.807) is 7.05 Å². The quantitative estimate of drug-likeness (QED) is 0.836. The Labute approximate surface area is 109 Å². The highest BCUT2D eigenvalue weighted by Gasteiger charge is 2.27. The summed E-state index contributed by atoms with van der Waals surface area (Å²) in [5.74, 6) is 0.596. The number of carbonyl (C=O) groups excluding carboxylic acids is 1. The molecule has 3 heteroatoms. The van der Waals surface area contributed by atoms with Crippen molar-refractivity contribution < 1.29 is 4.79 Å². The first kappa shape index (κ1) is 13.1. The first-order valence-corrected chi connectivity index (χ1v) is 6.64. The van der Waals surface area contributed by atoms with Crippen molar-refractivity contribution in [2.75, 3.05) is 13.6 Å². The van der Waals surface area contributed by atoms with E-state index < -0.39 is 0 Å². The number of amides is 1. The largest absolute Gasteiger partial charge is 0.358 e. The second-order valence-electron chi connectivity index (χ2n) is 5.20. The molecule has 1 saturated heterocycles. The number of piperidine rings is 1. The lowest BCUT2D eigenvalue weighted by Gasteiger charge is -2.30. The average molecular weight is 246 g/mol. The van der Waals surface area contributed by atoms with E-state index >= 15 is 0 Å². The number of hydrogen-bond donors (Lipinski definition) is 2. The van der Waals surface area contributed by atoms with Gasteiger partial charge < -0.3 is 10.6 Å². The zero-order chi connectivity index (χ0) is 13.1. The highest BCUT2D eigenvalue weighted by atomic mass is 16.2. The van der Waals surface area contributed by atoms with Gasteiger partial charge in [-0.3, -0.25) is 4.79 Å². The normalized spacial score (nSPS) is 23.7. The van der Waals surface area contributed by atoms with Crippen molar-refractivity contribution in [3.63, 3.8) is 0 Å². The smallest absolute Gasteiger partial charge is 0.236 e. The maximum atomic E-state index is 11.7. The van der Waals surface area contributed by atoms with Gasteiger partial charge in [-0.15, -0.1) is 0 Å². The number of benzene rings is 1. The second kappa shape index (κ2) is 5.53. The zero-order valence-corrected chi connectivity index (χ0v) is 11.4. The third-order valence-electron chi connectivity index (χ3n) is 3.84. The Balaban J connectivity index is 2.18. The van der Waals surface area contributed by atoms with Gasteiger partial charge in [-0.25, -0.2) is 0 Å². The summed E-state index contributed by atoms with van der Waals surface area (Å²) in [6, 6.07) is 6.55. The summed E-state index contributed by atoms with van der Waals surface area (Å²) in [7, 11) is 1.70. The van der Waals surface area contributed by atoms with Crippen molar-refractivity contribution in [1.82, 2.24) is 10.6 Å². The first-order valence-electron chi connectivity index (χ1n) is 6.64. The molecule has 18 heavy (non-hydrogen) atoms. The van der Waals surface area contributed by atoms with E-state index in [0.717, 1.165) is 19.4 Å². The molecule has 1 heterocycles. The maximum absolute atomic E-state index is 11.7. The van der Waals surface area contributed by atoms with Gasteiger partial charge >= 0.3 is 0 Å². The second-order valence-corrected chi connectivity index (χ2v) is 5.20. The molecule has 1 aromatic rings. The van der Waals surface area contributed by atoms with Crippen LogP contribution in [-0.2, 0) is 4.79 Å². The molecule has 1 aliphatic heterocycles. The minimum Gasteiger partial charge on any atom is -0.358 e. The summed E-state index contributed by atoms with van der Waals surface area (Å²) < 4.78 is 0. The van der Waals surface area contributed by atoms with Gasteiger partial charge in [0.2, 0.25) is 5.91 Å². The van der Waals surface area contributed by atoms with Gasteiger partial charge in [0.1, 0.15) is 0 Å². The highest BCUT2D eigenvalue weighted by Crippen LogP contribution is 2.30. The van der Waals surface area contributed by atoms with Crippen molar-refractivity contribution in [2.24, 2.45) is 0 Å². The molecule has 0 spiro atoms. The standard InChI is InChI=1S/C15H22N2O/c1-10-4-5-11(2)13(8-10)12-6-7-17-14(9-12)15(18)16-3/h4-5,8,12,14,17H,6-7,9H2,1-3H3,(H,16,18). The Hall–Kier alpha value is -1.35. The molecule has 1 aliphatic rings. The van der Waals surface area contributed by atoms with Crippen LogP contribution in [0.4, 0.5) is 0 Å². The van der Waals surface area contributed by atoms with Gasteiger partial charge in [0.25, 0.3) is 0 Å². The summed E-state index contributed by atoms with van der Waals surface area (Å²) in [5, 5.41) is 6.02. The van der Waals surface area contributed by atoms with E-state index in [-0.39, 0.29) is 11.9 Å². The molecule has 1 amide bonds. The van der Waals surface area contributed by atoms with Gasteiger partial charge in [0.15, 0.2) is 0 Å². The lowest BCUT2D eigenvalue weighted by molar-refractivity contribution is -0.123. The molecule has 0 aliphatic carbocycles. The van der Waals surface area contributed by atoms with Crippen LogP contribution < -0.4 is 10.6 Å². The molecule has 3 nitrogen and oxygen atoms in total. The fourth-order valence-electron chi connectivity index (χ4n) is 2.77. The Kier molecular flexibility index (Phi) is 4.02. The van der Waals surface area contributed by atoms with Crippen molar-refractivity contribution in [1.29, 1.82) is 0 Å². The fraction of sp³-hybridized carbons (Fsp3) is 0.533. The maximum Gasteiger partial charge on any atom is 0.236 e. The molecule has 2 unspecified atom stereocenters. The van der Waals surface area contributed by atoms with Gasteiger partial charge in [-0.05, 0) is 50.3 Å². The predicted molar refractivity (Wildman–Crippen MR) is 73.7 cm³/mol. The minimum atomic E-state index is -0.0475. The lowest BCUT2D eigenvalue weighted by atomic mass is 9.83. The number of likely N-dealkylation sites (N-methyl/N-ethyl adjacent to an activating group) is 1. The van der Waals surface area contributed by atoms with E-state index in [1.165, 1.54) is 16.7 Å². The van der Waals surface area contributed by atoms with Crippen molar-refractivity contribution in [3.05, 3.63) is 34.9 Å². The zero-order valence-electron chi connectivity index (χ0n) is 11.4. The van der Waals surface area contributed by atoms with Crippen LogP contribution >= 0.6 is 0 Å². The minimum absolute atomic E-state index is 0.0475. The Morgan fingerprint density at radius 3 is 2.89 bits per heavy atom. The summed E-state index contributed by atoms with van der Waals surface area (Å²) in [6.07, 6.45) is 2.00. The molecule has 1 fully saturated rings. The third-order valence-corrected chi connectivity index (χ3v) is 3.84. The predicted octanol–water partition coefficient (Wildman–Crippen LogP) is 1.89. The summed E-state index contributed by atoms with van der Waals surface area (Å²) in [6.45, 7) is 5.20. The topological polar surface area (TPSA) is 41.1 Å². The van der Waals surface area contributed by atoms with E-state index in [1.807, 2.05) is 0 Å². The first-order chi connectivity index (χ1) is 8.61. The molecule has 0 radical (unpaired) electrons. The van der Waals surface area contributed by atoms with Crippen molar-refractivity contribution in [3.8, 4) is 0 Å². The van der Waals surface area contributed by atoms with Crippen LogP contribution in [0.15, 0.2) is 18.2 Å². The van der Waals surface area contributed by atoms with E-state index in [4.69, 9.17) is 0 Å². The van der Waals surface area contributed by atoms with Crippen LogP contribution in [-0.4, -0.2) is 25.5 Å². The molecule has 2 atom stereocenters. The summed E-state index contributed by atoms with van der Waals surface area (Å²) >= 11 is 0. The number of rotatable bonds is 2. The average Bonchev–Trinajstić information content (AvgIpc) is 2.40. The number of aryl methyl sites for hydroxylation is 2. The number of nitrogens with one attached hydrogen (secondary N) is 2. The highest BCUT2D eigenvalue weighted by molar-refractivity contribution is 5.81. The van der Waals surface area contributed by atoms with Crippen LogP contribution in [0.25, 0.3) is 0 Å². The lowest BCUT2D eigenvalue weighted by Crippen LogP contribution is -2.47. The van der Waals surface area contributed by atoms with Crippen LogP contribution in [0.3, 0.4) is 0 Å². The third kappa shape index (κ3) is 2.72. The van der Waals surface area contributed by atoms with Crippen LogP contribution in [0, 0.1) is 13.8 Å². The number of carbonyl (C=O) groups is 1. The van der Waals surface area contributed by atoms with Crippen molar-refractivity contribution in [2.45, 2.75) is 38.6 Å². The molecule has 1 aromatic carbocycles. The van der Waals surface area contributed by atoms with Crippen LogP contribution in [0.5, 0.6) is 0 Å². The number of hydrogen-bond acceptors (Lipinski definition) is 2. The molecular weight excluding hydrogens is 224 g/mol. The van der Waals surface area contributed by atoms with E-state index in [0.29, 0.717) is 5.92 Å².